The van der Waals surface area contributed by atoms with Gasteiger partial charge in [-0.3, -0.25) is 4.68 Å². The van der Waals surface area contributed by atoms with Crippen LogP contribution in [0.3, 0.4) is 0 Å². The number of hydrogen-bond acceptors (Lipinski definition) is 3. The molecule has 4 nitrogen and oxygen atoms in total. The number of aliphatic hydroxyl groups excluding tert-OH is 1. The van der Waals surface area contributed by atoms with E-state index in [2.05, 4.69) is 5.10 Å². The first kappa shape index (κ1) is 9.22. The van der Waals surface area contributed by atoms with Crippen molar-refractivity contribution in [3.05, 3.63) is 18.0 Å². The lowest BCUT2D eigenvalue weighted by Crippen LogP contribution is -2.10. The summed E-state index contributed by atoms with van der Waals surface area (Å²) in [4.78, 5) is 0. The van der Waals surface area contributed by atoms with Gasteiger partial charge in [-0.15, -0.1) is 0 Å². The minimum Gasteiger partial charge on any atom is -0.387 e. The first-order valence-electron chi connectivity index (χ1n) is 4.07. The molecule has 1 rings (SSSR count). The average Bonchev–Trinajstić information content (AvgIpc) is 2.51. The molecule has 0 unspecified atom stereocenters. The van der Waals surface area contributed by atoms with Crippen molar-refractivity contribution in [3.8, 4) is 0 Å². The fraction of sp³-hybridized carbons (Fsp3) is 0.625. The second-order valence-electron chi connectivity index (χ2n) is 3.10. The monoisotopic (exact) mass is 169 g/mol. The van der Waals surface area contributed by atoms with Crippen molar-refractivity contribution in [2.75, 3.05) is 6.54 Å². The topological polar surface area (TPSA) is 64.1 Å². The van der Waals surface area contributed by atoms with E-state index in [4.69, 9.17) is 5.73 Å². The Morgan fingerprint density at radius 1 is 1.67 bits per heavy atom. The van der Waals surface area contributed by atoms with E-state index in [9.17, 15) is 5.11 Å². The second kappa shape index (κ2) is 3.69. The van der Waals surface area contributed by atoms with E-state index >= 15 is 0 Å². The summed E-state index contributed by atoms with van der Waals surface area (Å²) in [6, 6.07) is 0.323. The number of nitrogens with two attached hydrogens (primary N) is 1. The number of rotatable bonds is 3. The van der Waals surface area contributed by atoms with Crippen LogP contribution in [0.25, 0.3) is 0 Å². The van der Waals surface area contributed by atoms with E-state index in [1.807, 2.05) is 20.0 Å². The number of aromatic nitrogens is 2. The summed E-state index contributed by atoms with van der Waals surface area (Å²) in [5.74, 6) is 0. The third-order valence-electron chi connectivity index (χ3n) is 1.76. The summed E-state index contributed by atoms with van der Waals surface area (Å²) in [7, 11) is 0. The minimum atomic E-state index is -0.586. The van der Waals surface area contributed by atoms with Gasteiger partial charge in [0, 0.05) is 24.3 Å². The van der Waals surface area contributed by atoms with E-state index in [1.165, 1.54) is 0 Å². The Kier molecular flexibility index (Phi) is 2.83. The predicted molar refractivity (Wildman–Crippen MR) is 46.6 cm³/mol. The van der Waals surface area contributed by atoms with Crippen molar-refractivity contribution < 1.29 is 5.11 Å². The fourth-order valence-electron chi connectivity index (χ4n) is 0.943. The Morgan fingerprint density at radius 2 is 2.33 bits per heavy atom. The molecule has 0 aliphatic heterocycles. The summed E-state index contributed by atoms with van der Waals surface area (Å²) >= 11 is 0. The van der Waals surface area contributed by atoms with Gasteiger partial charge in [0.25, 0.3) is 0 Å². The van der Waals surface area contributed by atoms with Gasteiger partial charge in [0.15, 0.2) is 0 Å². The highest BCUT2D eigenvalue weighted by atomic mass is 16.3. The normalized spacial score (nSPS) is 13.8. The van der Waals surface area contributed by atoms with Crippen molar-refractivity contribution in [2.24, 2.45) is 5.73 Å². The standard InChI is InChI=1S/C8H15N3O/c1-6(2)11-5-7(4-10-11)8(12)3-9/h4-6,8,12H,3,9H2,1-2H3/t8-/m1/s1. The Hall–Kier alpha value is -0.870. The highest BCUT2D eigenvalue weighted by molar-refractivity contribution is 5.08. The van der Waals surface area contributed by atoms with Crippen LogP contribution >= 0.6 is 0 Å². The lowest BCUT2D eigenvalue weighted by Gasteiger charge is -2.05. The van der Waals surface area contributed by atoms with E-state index < -0.39 is 6.10 Å². The highest BCUT2D eigenvalue weighted by Gasteiger charge is 2.08. The Morgan fingerprint density at radius 3 is 2.75 bits per heavy atom. The summed E-state index contributed by atoms with van der Waals surface area (Å²) in [5.41, 5.74) is 6.09. The highest BCUT2D eigenvalue weighted by Crippen LogP contribution is 2.12. The van der Waals surface area contributed by atoms with E-state index in [0.717, 1.165) is 5.56 Å². The molecule has 68 valence electrons. The quantitative estimate of drug-likeness (QED) is 0.690. The van der Waals surface area contributed by atoms with Crippen molar-refractivity contribution in [1.82, 2.24) is 9.78 Å². The third-order valence-corrected chi connectivity index (χ3v) is 1.76. The van der Waals surface area contributed by atoms with Crippen LogP contribution in [0.4, 0.5) is 0 Å². The van der Waals surface area contributed by atoms with Crippen LogP contribution < -0.4 is 5.73 Å². The molecule has 0 aromatic carbocycles. The number of aliphatic hydroxyl groups is 1. The molecular weight excluding hydrogens is 154 g/mol. The summed E-state index contributed by atoms with van der Waals surface area (Å²) in [6.07, 6.45) is 2.89. The molecule has 0 amide bonds. The molecule has 0 radical (unpaired) electrons. The van der Waals surface area contributed by atoms with Gasteiger partial charge in [0.2, 0.25) is 0 Å². The molecular formula is C8H15N3O. The maximum absolute atomic E-state index is 9.35. The molecule has 12 heavy (non-hydrogen) atoms. The summed E-state index contributed by atoms with van der Waals surface area (Å²) in [5, 5.41) is 13.4. The van der Waals surface area contributed by atoms with Crippen molar-refractivity contribution >= 4 is 0 Å². The van der Waals surface area contributed by atoms with Crippen LogP contribution in [0.5, 0.6) is 0 Å². The molecule has 0 spiro atoms. The molecule has 4 heteroatoms. The van der Waals surface area contributed by atoms with Gasteiger partial charge in [-0.25, -0.2) is 0 Å². The zero-order valence-corrected chi connectivity index (χ0v) is 7.44. The maximum Gasteiger partial charge on any atom is 0.0942 e. The Bertz CT molecular complexity index is 244. The van der Waals surface area contributed by atoms with Crippen LogP contribution in [-0.2, 0) is 0 Å². The van der Waals surface area contributed by atoms with Crippen LogP contribution in [0.15, 0.2) is 12.4 Å². The molecule has 0 fully saturated rings. The maximum atomic E-state index is 9.35. The lowest BCUT2D eigenvalue weighted by atomic mass is 10.2. The molecule has 1 aromatic rings. The summed E-state index contributed by atoms with van der Waals surface area (Å²) < 4.78 is 1.80. The van der Waals surface area contributed by atoms with Crippen LogP contribution in [0.1, 0.15) is 31.6 Å². The molecule has 0 aliphatic carbocycles. The van der Waals surface area contributed by atoms with Crippen molar-refractivity contribution in [2.45, 2.75) is 26.0 Å². The molecule has 1 atom stereocenters. The zero-order valence-electron chi connectivity index (χ0n) is 7.44. The molecule has 1 aromatic heterocycles. The van der Waals surface area contributed by atoms with Gasteiger partial charge in [-0.1, -0.05) is 0 Å². The average molecular weight is 169 g/mol. The van der Waals surface area contributed by atoms with Crippen LogP contribution in [0, 0.1) is 0 Å². The molecule has 3 N–H and O–H groups in total. The molecule has 0 bridgehead atoms. The number of nitrogens with zero attached hydrogens (tertiary/aromatic N) is 2. The third kappa shape index (κ3) is 1.84. The fourth-order valence-corrected chi connectivity index (χ4v) is 0.943. The van der Waals surface area contributed by atoms with Gasteiger partial charge in [0.05, 0.1) is 12.3 Å². The second-order valence-corrected chi connectivity index (χ2v) is 3.10. The van der Waals surface area contributed by atoms with E-state index in [-0.39, 0.29) is 6.54 Å². The molecule has 1 heterocycles. The minimum absolute atomic E-state index is 0.240. The van der Waals surface area contributed by atoms with Crippen molar-refractivity contribution in [1.29, 1.82) is 0 Å². The molecule has 0 saturated carbocycles. The van der Waals surface area contributed by atoms with Gasteiger partial charge >= 0.3 is 0 Å². The van der Waals surface area contributed by atoms with Gasteiger partial charge < -0.3 is 10.8 Å². The van der Waals surface area contributed by atoms with Crippen LogP contribution in [-0.4, -0.2) is 21.4 Å². The van der Waals surface area contributed by atoms with Crippen molar-refractivity contribution in [3.63, 3.8) is 0 Å². The first-order chi connectivity index (χ1) is 5.65. The predicted octanol–water partition coefficient (Wildman–Crippen LogP) is 0.456. The Labute approximate surface area is 72.0 Å². The molecule has 0 saturated heterocycles. The largest absolute Gasteiger partial charge is 0.387 e. The van der Waals surface area contributed by atoms with E-state index in [1.54, 1.807) is 10.9 Å². The zero-order chi connectivity index (χ0) is 9.14. The SMILES string of the molecule is CC(C)n1cc([C@H](O)CN)cn1. The number of hydrogen-bond donors (Lipinski definition) is 2. The molecule has 0 aliphatic rings. The van der Waals surface area contributed by atoms with Gasteiger partial charge in [-0.2, -0.15) is 5.10 Å². The van der Waals surface area contributed by atoms with Gasteiger partial charge in [-0.05, 0) is 13.8 Å². The van der Waals surface area contributed by atoms with E-state index in [0.29, 0.717) is 6.04 Å². The van der Waals surface area contributed by atoms with Crippen LogP contribution in [0.2, 0.25) is 0 Å². The Balaban J connectivity index is 2.77. The summed E-state index contributed by atoms with van der Waals surface area (Å²) in [6.45, 7) is 4.31. The van der Waals surface area contributed by atoms with Gasteiger partial charge in [0.1, 0.15) is 0 Å². The smallest absolute Gasteiger partial charge is 0.0942 e. The first-order valence-corrected chi connectivity index (χ1v) is 4.07. The lowest BCUT2D eigenvalue weighted by molar-refractivity contribution is 0.186.